The first kappa shape index (κ1) is 47.8. The minimum Gasteiger partial charge on any atom is -0.492 e. The van der Waals surface area contributed by atoms with Gasteiger partial charge in [0.15, 0.2) is 6.10 Å². The Balaban J connectivity index is 4.34. The number of phosphoric acid groups is 1. The maximum atomic E-state index is 12.4. The SMILES string of the molecule is CCCCCC/C=C\CCCCCCCC(=O)OCC(COP(=O)(O)OCC[N+](C)(C)C)O/C=C\CCCCCCCCCCCCCC. The van der Waals surface area contributed by atoms with Crippen molar-refractivity contribution in [2.75, 3.05) is 47.5 Å². The van der Waals surface area contributed by atoms with Gasteiger partial charge in [0.1, 0.15) is 19.8 Å². The summed E-state index contributed by atoms with van der Waals surface area (Å²) in [6, 6.07) is 0. The highest BCUT2D eigenvalue weighted by Gasteiger charge is 2.25. The van der Waals surface area contributed by atoms with E-state index >= 15 is 0 Å². The Morgan fingerprint density at radius 2 is 1.08 bits per heavy atom. The van der Waals surface area contributed by atoms with Crippen LogP contribution in [0.5, 0.6) is 0 Å². The van der Waals surface area contributed by atoms with E-state index in [1.54, 1.807) is 6.26 Å². The van der Waals surface area contributed by atoms with Gasteiger partial charge >= 0.3 is 13.8 Å². The lowest BCUT2D eigenvalue weighted by Crippen LogP contribution is -2.37. The molecule has 0 radical (unpaired) electrons. The van der Waals surface area contributed by atoms with Crippen molar-refractivity contribution in [1.29, 1.82) is 0 Å². The topological polar surface area (TPSA) is 91.3 Å². The van der Waals surface area contributed by atoms with Gasteiger partial charge in [0.2, 0.25) is 0 Å². The highest BCUT2D eigenvalue weighted by molar-refractivity contribution is 7.47. The summed E-state index contributed by atoms with van der Waals surface area (Å²) in [6.45, 7) is 4.88. The second-order valence-corrected chi connectivity index (χ2v) is 16.2. The molecule has 0 saturated carbocycles. The highest BCUT2D eigenvalue weighted by atomic mass is 31.2. The number of carbonyl (C=O) groups excluding carboxylic acids is 1. The molecule has 8 nitrogen and oxygen atoms in total. The van der Waals surface area contributed by atoms with Crippen LogP contribution in [-0.2, 0) is 27.9 Å². The summed E-state index contributed by atoms with van der Waals surface area (Å²) in [5.41, 5.74) is 0. The zero-order valence-electron chi connectivity index (χ0n) is 32.7. The first-order valence-electron chi connectivity index (χ1n) is 20.1. The fraction of sp³-hybridized carbons (Fsp3) is 0.875. The van der Waals surface area contributed by atoms with Crippen LogP contribution in [0, 0.1) is 0 Å². The van der Waals surface area contributed by atoms with E-state index in [2.05, 4.69) is 26.0 Å². The molecular weight excluding hydrogens is 637 g/mol. The predicted octanol–water partition coefficient (Wildman–Crippen LogP) is 11.6. The Labute approximate surface area is 303 Å². The van der Waals surface area contributed by atoms with Gasteiger partial charge < -0.3 is 18.9 Å². The maximum absolute atomic E-state index is 12.4. The molecule has 0 aliphatic carbocycles. The van der Waals surface area contributed by atoms with Gasteiger partial charge in [-0.3, -0.25) is 13.8 Å². The van der Waals surface area contributed by atoms with Crippen LogP contribution < -0.4 is 0 Å². The van der Waals surface area contributed by atoms with Crippen LogP contribution in [-0.4, -0.2) is 69.0 Å². The molecule has 0 heterocycles. The molecule has 0 saturated heterocycles. The van der Waals surface area contributed by atoms with Crippen molar-refractivity contribution in [3.05, 3.63) is 24.5 Å². The fourth-order valence-corrected chi connectivity index (χ4v) is 6.10. The number of carbonyl (C=O) groups is 1. The fourth-order valence-electron chi connectivity index (χ4n) is 5.35. The molecule has 2 unspecified atom stereocenters. The normalized spacial score (nSPS) is 14.1. The average Bonchev–Trinajstić information content (AvgIpc) is 3.05. The standard InChI is InChI=1S/C40H78NO7P/c1-6-8-10-12-14-16-18-20-22-24-26-28-30-32-35-45-39(38-48-49(43,44)47-36-34-41(3,4)5)37-46-40(42)33-31-29-27-25-23-21-19-17-15-13-11-9-7-2/h17,19,32,35,39H,6-16,18,20-31,33-34,36-38H2,1-5H3/p+1/b19-17-,35-32-. The first-order valence-corrected chi connectivity index (χ1v) is 21.6. The molecule has 0 amide bonds. The summed E-state index contributed by atoms with van der Waals surface area (Å²) < 4.78 is 34.6. The van der Waals surface area contributed by atoms with Gasteiger partial charge in [0.25, 0.3) is 0 Å². The molecule has 0 aliphatic heterocycles. The molecule has 9 heteroatoms. The number of esters is 1. The molecule has 0 aromatic heterocycles. The van der Waals surface area contributed by atoms with Gasteiger partial charge in [0, 0.05) is 6.42 Å². The molecule has 0 aromatic carbocycles. The van der Waals surface area contributed by atoms with E-state index in [0.717, 1.165) is 38.5 Å². The summed E-state index contributed by atoms with van der Waals surface area (Å²) in [5, 5.41) is 0. The first-order chi connectivity index (χ1) is 23.6. The smallest absolute Gasteiger partial charge is 0.472 e. The lowest BCUT2D eigenvalue weighted by molar-refractivity contribution is -0.870. The Bertz CT molecular complexity index is 843. The van der Waals surface area contributed by atoms with E-state index in [1.807, 2.05) is 27.2 Å². The van der Waals surface area contributed by atoms with Gasteiger partial charge in [-0.15, -0.1) is 0 Å². The Morgan fingerprint density at radius 3 is 1.59 bits per heavy atom. The zero-order chi connectivity index (χ0) is 36.3. The Morgan fingerprint density at radius 1 is 0.633 bits per heavy atom. The third-order valence-electron chi connectivity index (χ3n) is 8.60. The quantitative estimate of drug-likeness (QED) is 0.0171. The summed E-state index contributed by atoms with van der Waals surface area (Å²) in [7, 11) is 1.67. The van der Waals surface area contributed by atoms with Crippen LogP contribution >= 0.6 is 7.82 Å². The number of nitrogens with zero attached hydrogens (tertiary/aromatic N) is 1. The molecule has 0 rings (SSSR count). The van der Waals surface area contributed by atoms with Crippen LogP contribution in [0.3, 0.4) is 0 Å². The molecular formula is C40H79NO7P+. The van der Waals surface area contributed by atoms with E-state index in [1.165, 1.54) is 116 Å². The molecule has 0 fully saturated rings. The van der Waals surface area contributed by atoms with Crippen molar-refractivity contribution in [2.24, 2.45) is 0 Å². The van der Waals surface area contributed by atoms with Crippen molar-refractivity contribution in [3.63, 3.8) is 0 Å². The summed E-state index contributed by atoms with van der Waals surface area (Å²) in [6.07, 6.45) is 37.3. The lowest BCUT2D eigenvalue weighted by Gasteiger charge is -2.24. The van der Waals surface area contributed by atoms with E-state index in [0.29, 0.717) is 17.4 Å². The van der Waals surface area contributed by atoms with Gasteiger partial charge in [-0.25, -0.2) is 4.57 Å². The summed E-state index contributed by atoms with van der Waals surface area (Å²) >= 11 is 0. The number of rotatable bonds is 37. The van der Waals surface area contributed by atoms with Gasteiger partial charge in [-0.1, -0.05) is 135 Å². The van der Waals surface area contributed by atoms with Crippen molar-refractivity contribution in [3.8, 4) is 0 Å². The molecule has 0 spiro atoms. The molecule has 0 aromatic rings. The average molecular weight is 717 g/mol. The van der Waals surface area contributed by atoms with Crippen LogP contribution in [0.4, 0.5) is 0 Å². The third kappa shape index (κ3) is 37.9. The van der Waals surface area contributed by atoms with Crippen LogP contribution in [0.15, 0.2) is 24.5 Å². The van der Waals surface area contributed by atoms with Crippen molar-refractivity contribution >= 4 is 13.8 Å². The largest absolute Gasteiger partial charge is 0.492 e. The molecule has 1 N–H and O–H groups in total. The number of quaternary nitrogens is 1. The number of hydrogen-bond donors (Lipinski definition) is 1. The van der Waals surface area contributed by atoms with Crippen molar-refractivity contribution in [1.82, 2.24) is 0 Å². The highest BCUT2D eigenvalue weighted by Crippen LogP contribution is 2.43. The van der Waals surface area contributed by atoms with Gasteiger partial charge in [0.05, 0.1) is 34.0 Å². The predicted molar refractivity (Wildman–Crippen MR) is 206 cm³/mol. The number of ether oxygens (including phenoxy) is 2. The second kappa shape index (κ2) is 33.9. The van der Waals surface area contributed by atoms with E-state index in [9.17, 15) is 14.3 Å². The van der Waals surface area contributed by atoms with Gasteiger partial charge in [-0.05, 0) is 51.0 Å². The molecule has 2 atom stereocenters. The van der Waals surface area contributed by atoms with E-state index in [4.69, 9.17) is 18.5 Å². The van der Waals surface area contributed by atoms with Crippen LogP contribution in [0.25, 0.3) is 0 Å². The van der Waals surface area contributed by atoms with Crippen molar-refractivity contribution < 1.29 is 37.3 Å². The maximum Gasteiger partial charge on any atom is 0.472 e. The Hall–Kier alpha value is -1.18. The number of likely N-dealkylation sites (N-methyl/N-ethyl adjacent to an activating group) is 1. The summed E-state index contributed by atoms with van der Waals surface area (Å²) in [5.74, 6) is -0.286. The summed E-state index contributed by atoms with van der Waals surface area (Å²) in [4.78, 5) is 22.6. The number of phosphoric ester groups is 1. The Kier molecular flexibility index (Phi) is 33.1. The zero-order valence-corrected chi connectivity index (χ0v) is 33.6. The molecule has 49 heavy (non-hydrogen) atoms. The van der Waals surface area contributed by atoms with E-state index in [-0.39, 0.29) is 25.8 Å². The second-order valence-electron chi connectivity index (χ2n) is 14.7. The van der Waals surface area contributed by atoms with Crippen LogP contribution in [0.1, 0.15) is 174 Å². The van der Waals surface area contributed by atoms with Crippen molar-refractivity contribution in [2.45, 2.75) is 180 Å². The third-order valence-corrected chi connectivity index (χ3v) is 9.59. The molecule has 290 valence electrons. The number of allylic oxidation sites excluding steroid dienone is 3. The monoisotopic (exact) mass is 717 g/mol. The number of unbranched alkanes of at least 4 members (excludes halogenated alkanes) is 21. The number of hydrogen-bond acceptors (Lipinski definition) is 6. The van der Waals surface area contributed by atoms with Crippen LogP contribution in [0.2, 0.25) is 0 Å². The lowest BCUT2D eigenvalue weighted by atomic mass is 10.0. The molecule has 0 bridgehead atoms. The van der Waals surface area contributed by atoms with Gasteiger partial charge in [-0.2, -0.15) is 0 Å². The van der Waals surface area contributed by atoms with E-state index < -0.39 is 13.9 Å². The minimum absolute atomic E-state index is 0.0502. The minimum atomic E-state index is -4.26. The molecule has 0 aliphatic rings.